The summed E-state index contributed by atoms with van der Waals surface area (Å²) in [5, 5.41) is 0. The largest absolute Gasteiger partial charge is 0.383 e. The van der Waals surface area contributed by atoms with E-state index in [-0.39, 0.29) is 0 Å². The van der Waals surface area contributed by atoms with Gasteiger partial charge in [0.25, 0.3) is 0 Å². The molecule has 0 radical (unpaired) electrons. The summed E-state index contributed by atoms with van der Waals surface area (Å²) in [4.78, 5) is 4.71. The highest BCUT2D eigenvalue weighted by molar-refractivity contribution is 9.10. The summed E-state index contributed by atoms with van der Waals surface area (Å²) in [6.45, 7) is 7.41. The lowest BCUT2D eigenvalue weighted by Crippen LogP contribution is -2.10. The van der Waals surface area contributed by atoms with E-state index in [9.17, 15) is 0 Å². The maximum Gasteiger partial charge on any atom is 0.131 e. The quantitative estimate of drug-likeness (QED) is 0.920. The average molecular weight is 322 g/mol. The van der Waals surface area contributed by atoms with Crippen LogP contribution in [0.1, 0.15) is 26.6 Å². The van der Waals surface area contributed by atoms with Crippen molar-refractivity contribution in [2.24, 2.45) is 5.92 Å². The maximum atomic E-state index is 6.30. The number of benzene rings is 1. The molecule has 0 saturated heterocycles. The van der Waals surface area contributed by atoms with Crippen LogP contribution in [0.15, 0.2) is 28.7 Å². The molecule has 1 aromatic heterocycles. The minimum Gasteiger partial charge on any atom is -0.383 e. The monoisotopic (exact) mass is 321 g/mol. The van der Waals surface area contributed by atoms with E-state index in [2.05, 4.69) is 47.3 Å². The highest BCUT2D eigenvalue weighted by Gasteiger charge is 2.15. The van der Waals surface area contributed by atoms with Crippen LogP contribution in [0.2, 0.25) is 0 Å². The molecular formula is C15H20BrN3. The van der Waals surface area contributed by atoms with Crippen molar-refractivity contribution < 1.29 is 0 Å². The Kier molecular flexibility index (Phi) is 4.30. The minimum absolute atomic E-state index is 0.553. The van der Waals surface area contributed by atoms with Crippen molar-refractivity contribution in [2.45, 2.75) is 33.7 Å². The van der Waals surface area contributed by atoms with Gasteiger partial charge in [-0.05, 0) is 18.1 Å². The molecule has 0 amide bonds. The van der Waals surface area contributed by atoms with E-state index in [4.69, 9.17) is 10.7 Å². The summed E-state index contributed by atoms with van der Waals surface area (Å²) < 4.78 is 3.18. The van der Waals surface area contributed by atoms with Crippen molar-refractivity contribution >= 4 is 21.7 Å². The maximum absolute atomic E-state index is 6.30. The fraction of sp³-hybridized carbons (Fsp3) is 0.400. The summed E-state index contributed by atoms with van der Waals surface area (Å²) in [7, 11) is 0. The first-order chi connectivity index (χ1) is 9.02. The third-order valence-electron chi connectivity index (χ3n) is 3.05. The molecule has 1 heterocycles. The van der Waals surface area contributed by atoms with Crippen LogP contribution in [0.25, 0.3) is 11.3 Å². The van der Waals surface area contributed by atoms with E-state index < -0.39 is 0 Å². The van der Waals surface area contributed by atoms with Gasteiger partial charge in [-0.2, -0.15) is 0 Å². The van der Waals surface area contributed by atoms with E-state index in [0.29, 0.717) is 5.92 Å². The molecular weight excluding hydrogens is 302 g/mol. The van der Waals surface area contributed by atoms with E-state index >= 15 is 0 Å². The van der Waals surface area contributed by atoms with E-state index in [1.807, 2.05) is 18.2 Å². The lowest BCUT2D eigenvalue weighted by atomic mass is 10.1. The third-order valence-corrected chi connectivity index (χ3v) is 3.54. The standard InChI is InChI=1S/C15H20BrN3/c1-4-13-18-14(11-6-5-7-12(16)8-11)15(17)19(13)9-10(2)3/h5-8,10H,4,9,17H2,1-3H3. The van der Waals surface area contributed by atoms with Crippen molar-refractivity contribution in [3.63, 3.8) is 0 Å². The van der Waals surface area contributed by atoms with Gasteiger partial charge >= 0.3 is 0 Å². The van der Waals surface area contributed by atoms with Gasteiger partial charge < -0.3 is 10.3 Å². The first-order valence-electron chi connectivity index (χ1n) is 6.63. The summed E-state index contributed by atoms with van der Waals surface area (Å²) in [6.07, 6.45) is 0.894. The number of anilines is 1. The Labute approximate surface area is 123 Å². The molecule has 0 aliphatic carbocycles. The van der Waals surface area contributed by atoms with Gasteiger partial charge in [-0.1, -0.05) is 48.8 Å². The van der Waals surface area contributed by atoms with Crippen LogP contribution in [-0.2, 0) is 13.0 Å². The SMILES string of the molecule is CCc1nc(-c2cccc(Br)c2)c(N)n1CC(C)C. The van der Waals surface area contributed by atoms with Crippen molar-refractivity contribution in [1.29, 1.82) is 0 Å². The van der Waals surface area contributed by atoms with Gasteiger partial charge in [-0.25, -0.2) is 4.98 Å². The minimum atomic E-state index is 0.553. The summed E-state index contributed by atoms with van der Waals surface area (Å²) in [5.41, 5.74) is 8.24. The van der Waals surface area contributed by atoms with Gasteiger partial charge in [0.05, 0.1) is 0 Å². The summed E-state index contributed by atoms with van der Waals surface area (Å²) in [6, 6.07) is 8.11. The van der Waals surface area contributed by atoms with Crippen molar-refractivity contribution in [3.8, 4) is 11.3 Å². The molecule has 3 nitrogen and oxygen atoms in total. The van der Waals surface area contributed by atoms with Crippen molar-refractivity contribution in [1.82, 2.24) is 9.55 Å². The normalized spacial score (nSPS) is 11.2. The summed E-state index contributed by atoms with van der Waals surface area (Å²) in [5.74, 6) is 2.38. The van der Waals surface area contributed by atoms with Gasteiger partial charge in [0.2, 0.25) is 0 Å². The molecule has 19 heavy (non-hydrogen) atoms. The Morgan fingerprint density at radius 3 is 2.68 bits per heavy atom. The predicted molar refractivity (Wildman–Crippen MR) is 84.0 cm³/mol. The number of nitrogens with zero attached hydrogens (tertiary/aromatic N) is 2. The van der Waals surface area contributed by atoms with Crippen LogP contribution in [0.3, 0.4) is 0 Å². The second-order valence-electron chi connectivity index (χ2n) is 5.13. The van der Waals surface area contributed by atoms with Gasteiger partial charge in [0.1, 0.15) is 17.3 Å². The smallest absolute Gasteiger partial charge is 0.131 e. The Hall–Kier alpha value is -1.29. The van der Waals surface area contributed by atoms with Crippen LogP contribution >= 0.6 is 15.9 Å². The number of hydrogen-bond donors (Lipinski definition) is 1. The van der Waals surface area contributed by atoms with Crippen LogP contribution in [-0.4, -0.2) is 9.55 Å². The molecule has 0 spiro atoms. The lowest BCUT2D eigenvalue weighted by Gasteiger charge is -2.11. The Morgan fingerprint density at radius 1 is 1.37 bits per heavy atom. The molecule has 0 bridgehead atoms. The first-order valence-corrected chi connectivity index (χ1v) is 7.43. The predicted octanol–water partition coefficient (Wildman–Crippen LogP) is 4.11. The molecule has 1 aromatic carbocycles. The van der Waals surface area contributed by atoms with Crippen LogP contribution < -0.4 is 5.73 Å². The van der Waals surface area contributed by atoms with Crippen molar-refractivity contribution in [3.05, 3.63) is 34.6 Å². The lowest BCUT2D eigenvalue weighted by molar-refractivity contribution is 0.513. The van der Waals surface area contributed by atoms with E-state index in [1.165, 1.54) is 0 Å². The molecule has 0 unspecified atom stereocenters. The highest BCUT2D eigenvalue weighted by Crippen LogP contribution is 2.29. The van der Waals surface area contributed by atoms with Crippen molar-refractivity contribution in [2.75, 3.05) is 5.73 Å². The zero-order valence-corrected chi connectivity index (χ0v) is 13.2. The molecule has 0 aliphatic heterocycles. The van der Waals surface area contributed by atoms with Crippen LogP contribution in [0.4, 0.5) is 5.82 Å². The molecule has 2 N–H and O–H groups in total. The Balaban J connectivity index is 2.50. The third kappa shape index (κ3) is 3.00. The molecule has 0 fully saturated rings. The van der Waals surface area contributed by atoms with Gasteiger partial charge in [-0.15, -0.1) is 0 Å². The zero-order chi connectivity index (χ0) is 14.0. The highest BCUT2D eigenvalue weighted by atomic mass is 79.9. The number of rotatable bonds is 4. The molecule has 0 atom stereocenters. The van der Waals surface area contributed by atoms with Crippen LogP contribution in [0, 0.1) is 5.92 Å². The van der Waals surface area contributed by atoms with Gasteiger partial charge in [0.15, 0.2) is 0 Å². The van der Waals surface area contributed by atoms with E-state index in [0.717, 1.165) is 40.3 Å². The second kappa shape index (κ2) is 5.78. The molecule has 0 saturated carbocycles. The molecule has 2 aromatic rings. The second-order valence-corrected chi connectivity index (χ2v) is 6.05. The van der Waals surface area contributed by atoms with Crippen LogP contribution in [0.5, 0.6) is 0 Å². The number of imidazole rings is 1. The number of halogens is 1. The van der Waals surface area contributed by atoms with Gasteiger partial charge in [-0.3, -0.25) is 0 Å². The topological polar surface area (TPSA) is 43.8 Å². The first kappa shape index (κ1) is 14.1. The molecule has 0 aliphatic rings. The number of nitrogen functional groups attached to an aromatic ring is 1. The van der Waals surface area contributed by atoms with E-state index in [1.54, 1.807) is 0 Å². The summed E-state index contributed by atoms with van der Waals surface area (Å²) >= 11 is 3.49. The Morgan fingerprint density at radius 2 is 2.11 bits per heavy atom. The number of aryl methyl sites for hydroxylation is 1. The zero-order valence-electron chi connectivity index (χ0n) is 11.7. The fourth-order valence-corrected chi connectivity index (χ4v) is 2.60. The number of aromatic nitrogens is 2. The fourth-order valence-electron chi connectivity index (χ4n) is 2.20. The number of nitrogens with two attached hydrogens (primary N) is 1. The molecule has 102 valence electrons. The van der Waals surface area contributed by atoms with Gasteiger partial charge in [0, 0.05) is 23.0 Å². The molecule has 4 heteroatoms. The number of hydrogen-bond acceptors (Lipinski definition) is 2. The molecule has 2 rings (SSSR count). The average Bonchev–Trinajstić information content (AvgIpc) is 2.66. The Bertz CT molecular complexity index is 573.